The van der Waals surface area contributed by atoms with Crippen molar-refractivity contribution in [2.24, 2.45) is 5.92 Å². The van der Waals surface area contributed by atoms with Crippen LogP contribution >= 0.6 is 11.3 Å². The molecule has 0 aliphatic carbocycles. The number of rotatable bonds is 12. The molecule has 0 atom stereocenters. The molecular weight excluding hydrogens is 452 g/mol. The standard InChI is InChI=1S/C25H36N4O4S/c1-4-5-6-7-8-9-10-22-27-28-25(34-22)26-23(30)18-11-13-29(14-12-18)24(31)19-15-20(32-2)17-21(16-19)33-3/h15-18H,4-14H2,1-3H3,(H,26,28,30). The molecule has 186 valence electrons. The number of aromatic nitrogens is 2. The molecule has 1 aromatic heterocycles. The monoisotopic (exact) mass is 488 g/mol. The number of methoxy groups -OCH3 is 2. The Labute approximate surface area is 206 Å². The Bertz CT molecular complexity index is 918. The van der Waals surface area contributed by atoms with Crippen LogP contribution in [0.4, 0.5) is 5.13 Å². The van der Waals surface area contributed by atoms with Gasteiger partial charge in [0.25, 0.3) is 5.91 Å². The summed E-state index contributed by atoms with van der Waals surface area (Å²) in [4.78, 5) is 27.5. The van der Waals surface area contributed by atoms with Crippen molar-refractivity contribution in [2.45, 2.75) is 64.7 Å². The van der Waals surface area contributed by atoms with Crippen LogP contribution in [-0.4, -0.2) is 54.2 Å². The SMILES string of the molecule is CCCCCCCCc1nnc(NC(=O)C2CCN(C(=O)c3cc(OC)cc(OC)c3)CC2)s1. The molecule has 1 aliphatic rings. The first-order chi connectivity index (χ1) is 16.5. The van der Waals surface area contributed by atoms with E-state index in [9.17, 15) is 9.59 Å². The zero-order valence-corrected chi connectivity index (χ0v) is 21.3. The Morgan fingerprint density at radius 3 is 2.29 bits per heavy atom. The van der Waals surface area contributed by atoms with E-state index in [0.29, 0.717) is 48.1 Å². The molecule has 1 aromatic carbocycles. The number of likely N-dealkylation sites (tertiary alicyclic amines) is 1. The van der Waals surface area contributed by atoms with Gasteiger partial charge in [-0.05, 0) is 31.4 Å². The van der Waals surface area contributed by atoms with Crippen molar-refractivity contribution in [3.63, 3.8) is 0 Å². The number of hydrogen-bond donors (Lipinski definition) is 1. The first-order valence-electron chi connectivity index (χ1n) is 12.2. The van der Waals surface area contributed by atoms with Crippen LogP contribution in [0.3, 0.4) is 0 Å². The first kappa shape index (κ1) is 25.9. The molecule has 0 saturated carbocycles. The third-order valence-electron chi connectivity index (χ3n) is 6.19. The van der Waals surface area contributed by atoms with Gasteiger partial charge in [-0.25, -0.2) is 0 Å². The minimum Gasteiger partial charge on any atom is -0.497 e. The molecule has 0 spiro atoms. The van der Waals surface area contributed by atoms with E-state index in [0.717, 1.165) is 17.8 Å². The average molecular weight is 489 g/mol. The number of anilines is 1. The summed E-state index contributed by atoms with van der Waals surface area (Å²) >= 11 is 1.46. The highest BCUT2D eigenvalue weighted by molar-refractivity contribution is 7.15. The maximum absolute atomic E-state index is 13.0. The maximum atomic E-state index is 13.0. The number of aryl methyl sites for hydroxylation is 1. The summed E-state index contributed by atoms with van der Waals surface area (Å²) in [6.45, 7) is 3.27. The fourth-order valence-electron chi connectivity index (χ4n) is 4.13. The van der Waals surface area contributed by atoms with E-state index < -0.39 is 0 Å². The normalized spacial score (nSPS) is 14.1. The molecule has 1 saturated heterocycles. The molecule has 0 radical (unpaired) electrons. The quantitative estimate of drug-likeness (QED) is 0.425. The number of amides is 2. The van der Waals surface area contributed by atoms with Crippen molar-refractivity contribution >= 4 is 28.3 Å². The molecule has 2 heterocycles. The summed E-state index contributed by atoms with van der Waals surface area (Å²) in [7, 11) is 3.12. The molecule has 1 N–H and O–H groups in total. The second-order valence-electron chi connectivity index (χ2n) is 8.68. The molecular formula is C25H36N4O4S. The number of piperidine rings is 1. The smallest absolute Gasteiger partial charge is 0.254 e. The summed E-state index contributed by atoms with van der Waals surface area (Å²) in [6.07, 6.45) is 9.58. The zero-order chi connectivity index (χ0) is 24.3. The average Bonchev–Trinajstić information content (AvgIpc) is 3.32. The number of unbranched alkanes of at least 4 members (excludes halogenated alkanes) is 5. The summed E-state index contributed by atoms with van der Waals surface area (Å²) in [5.41, 5.74) is 0.519. The van der Waals surface area contributed by atoms with Crippen LogP contribution in [-0.2, 0) is 11.2 Å². The number of nitrogens with zero attached hydrogens (tertiary/aromatic N) is 3. The van der Waals surface area contributed by atoms with E-state index in [1.54, 1.807) is 37.3 Å². The number of nitrogens with one attached hydrogen (secondary N) is 1. The lowest BCUT2D eigenvalue weighted by atomic mass is 9.95. The molecule has 3 rings (SSSR count). The Balaban J connectivity index is 1.44. The van der Waals surface area contributed by atoms with E-state index in [4.69, 9.17) is 9.47 Å². The molecule has 2 aromatic rings. The lowest BCUT2D eigenvalue weighted by Gasteiger charge is -2.31. The maximum Gasteiger partial charge on any atom is 0.254 e. The minimum atomic E-state index is -0.144. The van der Waals surface area contributed by atoms with Crippen LogP contribution < -0.4 is 14.8 Å². The van der Waals surface area contributed by atoms with Crippen LogP contribution in [0, 0.1) is 5.92 Å². The van der Waals surface area contributed by atoms with Gasteiger partial charge < -0.3 is 19.7 Å². The topological polar surface area (TPSA) is 93.7 Å². The Kier molecular flexibility index (Phi) is 10.1. The predicted molar refractivity (Wildman–Crippen MR) is 134 cm³/mol. The van der Waals surface area contributed by atoms with E-state index in [2.05, 4.69) is 22.4 Å². The van der Waals surface area contributed by atoms with Crippen molar-refractivity contribution in [2.75, 3.05) is 32.6 Å². The Hall–Kier alpha value is -2.68. The van der Waals surface area contributed by atoms with Crippen LogP contribution in [0.5, 0.6) is 11.5 Å². The van der Waals surface area contributed by atoms with Crippen LogP contribution in [0.2, 0.25) is 0 Å². The van der Waals surface area contributed by atoms with Crippen molar-refractivity contribution in [1.29, 1.82) is 0 Å². The van der Waals surface area contributed by atoms with E-state index in [1.165, 1.54) is 43.4 Å². The van der Waals surface area contributed by atoms with Crippen LogP contribution in [0.25, 0.3) is 0 Å². The minimum absolute atomic E-state index is 0.0441. The van der Waals surface area contributed by atoms with Gasteiger partial charge >= 0.3 is 0 Å². The molecule has 0 unspecified atom stereocenters. The number of ether oxygens (including phenoxy) is 2. The zero-order valence-electron chi connectivity index (χ0n) is 20.5. The highest BCUT2D eigenvalue weighted by atomic mass is 32.1. The molecule has 1 fully saturated rings. The fraction of sp³-hybridized carbons (Fsp3) is 0.600. The largest absolute Gasteiger partial charge is 0.497 e. The summed E-state index contributed by atoms with van der Waals surface area (Å²) in [5.74, 6) is 0.876. The second-order valence-corrected chi connectivity index (χ2v) is 9.74. The van der Waals surface area contributed by atoms with E-state index >= 15 is 0 Å². The lowest BCUT2D eigenvalue weighted by molar-refractivity contribution is -0.121. The number of carbonyl (C=O) groups excluding carboxylic acids is 2. The van der Waals surface area contributed by atoms with Crippen molar-refractivity contribution in [3.05, 3.63) is 28.8 Å². The number of benzene rings is 1. The third kappa shape index (κ3) is 7.41. The van der Waals surface area contributed by atoms with E-state index in [-0.39, 0.29) is 17.7 Å². The van der Waals surface area contributed by atoms with Gasteiger partial charge in [-0.1, -0.05) is 50.4 Å². The van der Waals surface area contributed by atoms with Crippen LogP contribution in [0.15, 0.2) is 18.2 Å². The Morgan fingerprint density at radius 2 is 1.65 bits per heavy atom. The first-order valence-corrected chi connectivity index (χ1v) is 13.0. The highest BCUT2D eigenvalue weighted by Gasteiger charge is 2.29. The molecule has 0 bridgehead atoms. The van der Waals surface area contributed by atoms with Gasteiger partial charge in [0, 0.05) is 37.1 Å². The van der Waals surface area contributed by atoms with Crippen molar-refractivity contribution in [3.8, 4) is 11.5 Å². The summed E-state index contributed by atoms with van der Waals surface area (Å²) < 4.78 is 10.5. The molecule has 8 nitrogen and oxygen atoms in total. The summed E-state index contributed by atoms with van der Waals surface area (Å²) in [6, 6.07) is 5.16. The van der Waals surface area contributed by atoms with Gasteiger partial charge in [0.2, 0.25) is 11.0 Å². The van der Waals surface area contributed by atoms with Gasteiger partial charge in [-0.3, -0.25) is 9.59 Å². The lowest BCUT2D eigenvalue weighted by Crippen LogP contribution is -2.41. The van der Waals surface area contributed by atoms with Gasteiger partial charge in [0.05, 0.1) is 14.2 Å². The van der Waals surface area contributed by atoms with Gasteiger partial charge in [-0.2, -0.15) is 0 Å². The highest BCUT2D eigenvalue weighted by Crippen LogP contribution is 2.26. The van der Waals surface area contributed by atoms with E-state index in [1.807, 2.05) is 0 Å². The number of carbonyl (C=O) groups is 2. The fourth-order valence-corrected chi connectivity index (χ4v) is 4.91. The van der Waals surface area contributed by atoms with Crippen molar-refractivity contribution in [1.82, 2.24) is 15.1 Å². The third-order valence-corrected chi connectivity index (χ3v) is 7.09. The molecule has 34 heavy (non-hydrogen) atoms. The summed E-state index contributed by atoms with van der Waals surface area (Å²) in [5, 5.41) is 12.8. The van der Waals surface area contributed by atoms with Crippen LogP contribution in [0.1, 0.15) is 73.7 Å². The Morgan fingerprint density at radius 1 is 1.00 bits per heavy atom. The molecule has 2 amide bonds. The van der Waals surface area contributed by atoms with Gasteiger partial charge in [0.15, 0.2) is 0 Å². The van der Waals surface area contributed by atoms with Gasteiger partial charge in [0.1, 0.15) is 16.5 Å². The van der Waals surface area contributed by atoms with Crippen molar-refractivity contribution < 1.29 is 19.1 Å². The predicted octanol–water partition coefficient (Wildman–Crippen LogP) is 4.95. The molecule has 1 aliphatic heterocycles. The molecule has 9 heteroatoms. The second kappa shape index (κ2) is 13.3. The van der Waals surface area contributed by atoms with Gasteiger partial charge in [-0.15, -0.1) is 10.2 Å². The number of hydrogen-bond acceptors (Lipinski definition) is 7.